The Labute approximate surface area is 241 Å². The number of hydrogen-bond acceptors (Lipinski definition) is 7. The Kier molecular flexibility index (Phi) is 7.32. The summed E-state index contributed by atoms with van der Waals surface area (Å²) in [6, 6.07) is 10.8. The van der Waals surface area contributed by atoms with E-state index in [9.17, 15) is 9.18 Å². The second kappa shape index (κ2) is 11.4. The van der Waals surface area contributed by atoms with Gasteiger partial charge in [-0.3, -0.25) is 19.9 Å². The van der Waals surface area contributed by atoms with Crippen LogP contribution >= 0.6 is 0 Å². The molecule has 212 valence electrons. The quantitative estimate of drug-likeness (QED) is 0.178. The number of carbonyl (C=O) groups excluding carboxylic acids is 1. The van der Waals surface area contributed by atoms with Crippen LogP contribution in [0.1, 0.15) is 13.3 Å². The van der Waals surface area contributed by atoms with Gasteiger partial charge in [0, 0.05) is 71.3 Å². The summed E-state index contributed by atoms with van der Waals surface area (Å²) in [5, 5.41) is 15.4. The van der Waals surface area contributed by atoms with Crippen molar-refractivity contribution in [2.45, 2.75) is 13.3 Å². The van der Waals surface area contributed by atoms with Crippen LogP contribution in [0, 0.1) is 5.82 Å². The van der Waals surface area contributed by atoms with Gasteiger partial charge < -0.3 is 20.5 Å². The molecule has 0 unspecified atom stereocenters. The highest BCUT2D eigenvalue weighted by atomic mass is 19.1. The molecule has 0 saturated carbocycles. The van der Waals surface area contributed by atoms with E-state index in [0.29, 0.717) is 35.7 Å². The fourth-order valence-electron chi connectivity index (χ4n) is 4.86. The minimum absolute atomic E-state index is 0.0811. The topological polar surface area (TPSA) is 128 Å². The second-order valence-electron chi connectivity index (χ2n) is 10.3. The molecule has 0 aliphatic heterocycles. The largest absolute Gasteiger partial charge is 0.384 e. The molecule has 0 fully saturated rings. The number of pyridine rings is 3. The average molecular weight is 564 g/mol. The monoisotopic (exact) mass is 563 g/mol. The summed E-state index contributed by atoms with van der Waals surface area (Å²) < 4.78 is 14.7. The number of H-pyrrole nitrogens is 2. The molecule has 10 nitrogen and oxygen atoms in total. The van der Waals surface area contributed by atoms with Gasteiger partial charge in [-0.1, -0.05) is 6.92 Å². The van der Waals surface area contributed by atoms with E-state index >= 15 is 0 Å². The molecule has 11 heteroatoms. The molecular formula is C31H30FN9O. The van der Waals surface area contributed by atoms with E-state index in [4.69, 9.17) is 0 Å². The number of nitrogens with zero attached hydrogens (tertiary/aromatic N) is 5. The fourth-order valence-corrected chi connectivity index (χ4v) is 4.86. The maximum Gasteiger partial charge on any atom is 0.224 e. The van der Waals surface area contributed by atoms with Crippen LogP contribution in [0.25, 0.3) is 55.6 Å². The van der Waals surface area contributed by atoms with Gasteiger partial charge in [0.1, 0.15) is 11.5 Å². The third-order valence-electron chi connectivity index (χ3n) is 6.99. The van der Waals surface area contributed by atoms with Gasteiger partial charge in [0.2, 0.25) is 5.91 Å². The number of amides is 1. The lowest BCUT2D eigenvalue weighted by molar-refractivity contribution is -0.115. The first-order chi connectivity index (χ1) is 20.4. The molecular weight excluding hydrogens is 533 g/mol. The standard InChI is InChI=1S/C31H30FN9O/c1-4-29(42)37-23-9-19(13-33-15-23)20-10-25-30(39-40-31(25)36-14-20)27-12-24-26(16-34-17-28(24)38-27)18-7-21(32)11-22(8-18)35-5-6-41(2)3/h7-17,35,38H,4-6H2,1-3H3,(H,37,42)(H,36,39,40). The van der Waals surface area contributed by atoms with E-state index in [0.717, 1.165) is 50.8 Å². The molecule has 0 spiro atoms. The Balaban J connectivity index is 1.36. The van der Waals surface area contributed by atoms with Crippen molar-refractivity contribution in [3.05, 3.63) is 73.2 Å². The zero-order valence-corrected chi connectivity index (χ0v) is 23.5. The molecule has 0 aliphatic carbocycles. The molecule has 6 rings (SSSR count). The zero-order chi connectivity index (χ0) is 29.2. The van der Waals surface area contributed by atoms with Crippen molar-refractivity contribution in [3.8, 4) is 33.6 Å². The van der Waals surface area contributed by atoms with Crippen LogP contribution in [-0.2, 0) is 4.79 Å². The summed E-state index contributed by atoms with van der Waals surface area (Å²) in [5.41, 5.74) is 7.41. The van der Waals surface area contributed by atoms with E-state index in [1.165, 1.54) is 12.1 Å². The van der Waals surface area contributed by atoms with Crippen molar-refractivity contribution < 1.29 is 9.18 Å². The molecule has 0 atom stereocenters. The number of nitrogens with one attached hydrogen (secondary N) is 4. The van der Waals surface area contributed by atoms with Crippen molar-refractivity contribution in [3.63, 3.8) is 0 Å². The predicted octanol–water partition coefficient (Wildman–Crippen LogP) is 5.69. The SMILES string of the molecule is CCC(=O)Nc1cncc(-c2cnc3[nH]nc(-c4cc5c(-c6cc(F)cc(NCCN(C)C)c6)cncc5[nH]4)c3c2)c1. The predicted molar refractivity (Wildman–Crippen MR) is 164 cm³/mol. The van der Waals surface area contributed by atoms with Crippen LogP contribution in [0.15, 0.2) is 67.4 Å². The summed E-state index contributed by atoms with van der Waals surface area (Å²) in [7, 11) is 4.00. The number of anilines is 2. The molecule has 42 heavy (non-hydrogen) atoms. The normalized spacial score (nSPS) is 11.5. The third-order valence-corrected chi connectivity index (χ3v) is 6.99. The van der Waals surface area contributed by atoms with E-state index in [1.54, 1.807) is 37.9 Å². The van der Waals surface area contributed by atoms with Gasteiger partial charge in [-0.15, -0.1) is 0 Å². The van der Waals surface area contributed by atoms with E-state index in [-0.39, 0.29) is 11.7 Å². The van der Waals surface area contributed by atoms with Gasteiger partial charge in [0.15, 0.2) is 5.65 Å². The van der Waals surface area contributed by atoms with E-state index < -0.39 is 0 Å². The number of aromatic nitrogens is 6. The molecule has 5 aromatic heterocycles. The smallest absolute Gasteiger partial charge is 0.224 e. The first kappa shape index (κ1) is 27.0. The molecule has 4 N–H and O–H groups in total. The highest BCUT2D eigenvalue weighted by Crippen LogP contribution is 2.35. The average Bonchev–Trinajstić information content (AvgIpc) is 3.60. The van der Waals surface area contributed by atoms with Crippen molar-refractivity contribution in [2.75, 3.05) is 37.8 Å². The Hall–Kier alpha value is -5.16. The lowest BCUT2D eigenvalue weighted by atomic mass is 10.0. The number of benzene rings is 1. The minimum atomic E-state index is -0.322. The number of rotatable bonds is 9. The number of aromatic amines is 2. The van der Waals surface area contributed by atoms with Gasteiger partial charge in [-0.2, -0.15) is 5.10 Å². The lowest BCUT2D eigenvalue weighted by Gasteiger charge is -2.13. The van der Waals surface area contributed by atoms with Gasteiger partial charge >= 0.3 is 0 Å². The van der Waals surface area contributed by atoms with Crippen LogP contribution < -0.4 is 10.6 Å². The molecule has 0 bridgehead atoms. The van der Waals surface area contributed by atoms with Crippen LogP contribution in [0.5, 0.6) is 0 Å². The Morgan fingerprint density at radius 1 is 0.905 bits per heavy atom. The maximum absolute atomic E-state index is 14.7. The van der Waals surface area contributed by atoms with Crippen LogP contribution in [-0.4, -0.2) is 68.1 Å². The van der Waals surface area contributed by atoms with Crippen molar-refractivity contribution >= 4 is 39.2 Å². The number of hydrogen-bond donors (Lipinski definition) is 4. The summed E-state index contributed by atoms with van der Waals surface area (Å²) in [4.78, 5) is 30.6. The van der Waals surface area contributed by atoms with Crippen LogP contribution in [0.3, 0.4) is 0 Å². The number of carbonyl (C=O) groups is 1. The Bertz CT molecular complexity index is 1910. The maximum atomic E-state index is 14.7. The van der Waals surface area contributed by atoms with E-state index in [1.807, 2.05) is 38.4 Å². The summed E-state index contributed by atoms with van der Waals surface area (Å²) in [6.45, 7) is 3.33. The van der Waals surface area contributed by atoms with Crippen molar-refractivity contribution in [1.82, 2.24) is 35.0 Å². The molecule has 6 aromatic rings. The van der Waals surface area contributed by atoms with Gasteiger partial charge in [-0.05, 0) is 56.1 Å². The first-order valence-electron chi connectivity index (χ1n) is 13.6. The van der Waals surface area contributed by atoms with Gasteiger partial charge in [-0.25, -0.2) is 9.37 Å². The highest BCUT2D eigenvalue weighted by Gasteiger charge is 2.16. The number of halogens is 1. The van der Waals surface area contributed by atoms with Crippen LogP contribution in [0.2, 0.25) is 0 Å². The van der Waals surface area contributed by atoms with Crippen LogP contribution in [0.4, 0.5) is 15.8 Å². The van der Waals surface area contributed by atoms with E-state index in [2.05, 4.69) is 45.7 Å². The Morgan fingerprint density at radius 2 is 1.71 bits per heavy atom. The fraction of sp³-hybridized carbons (Fsp3) is 0.194. The third kappa shape index (κ3) is 5.54. The highest BCUT2D eigenvalue weighted by molar-refractivity contribution is 6.01. The molecule has 0 radical (unpaired) electrons. The van der Waals surface area contributed by atoms with Crippen molar-refractivity contribution in [2.24, 2.45) is 0 Å². The number of fused-ring (bicyclic) bond motifs is 2. The van der Waals surface area contributed by atoms with Crippen molar-refractivity contribution in [1.29, 1.82) is 0 Å². The minimum Gasteiger partial charge on any atom is -0.384 e. The summed E-state index contributed by atoms with van der Waals surface area (Å²) in [5.74, 6) is -0.403. The molecule has 1 amide bonds. The summed E-state index contributed by atoms with van der Waals surface area (Å²) in [6.07, 6.45) is 8.97. The lowest BCUT2D eigenvalue weighted by Crippen LogP contribution is -2.20. The van der Waals surface area contributed by atoms with Gasteiger partial charge in [0.25, 0.3) is 0 Å². The molecule has 0 saturated heterocycles. The first-order valence-corrected chi connectivity index (χ1v) is 13.6. The second-order valence-corrected chi connectivity index (χ2v) is 10.3. The molecule has 5 heterocycles. The number of likely N-dealkylation sites (N-methyl/N-ethyl adjacent to an activating group) is 1. The summed E-state index contributed by atoms with van der Waals surface area (Å²) >= 11 is 0. The zero-order valence-electron chi connectivity index (χ0n) is 23.5. The molecule has 1 aromatic carbocycles. The molecule has 0 aliphatic rings. The van der Waals surface area contributed by atoms with Gasteiger partial charge in [0.05, 0.1) is 29.3 Å². The Morgan fingerprint density at radius 3 is 2.55 bits per heavy atom.